The van der Waals surface area contributed by atoms with Gasteiger partial charge in [-0.05, 0) is 32.0 Å². The van der Waals surface area contributed by atoms with Crippen LogP contribution in [-0.4, -0.2) is 48.7 Å². The summed E-state index contributed by atoms with van der Waals surface area (Å²) in [6.07, 6.45) is -0.0694. The number of hydrogen-bond acceptors (Lipinski definition) is 3. The van der Waals surface area contributed by atoms with E-state index < -0.39 is 5.97 Å². The summed E-state index contributed by atoms with van der Waals surface area (Å²) in [6.45, 7) is 4.35. The Morgan fingerprint density at radius 1 is 1.29 bits per heavy atom. The minimum absolute atomic E-state index is 0.0694. The lowest BCUT2D eigenvalue weighted by atomic mass is 10.2. The first-order valence-corrected chi connectivity index (χ1v) is 6.88. The Morgan fingerprint density at radius 3 is 2.52 bits per heavy atom. The molecule has 1 rings (SSSR count). The van der Waals surface area contributed by atoms with Crippen molar-refractivity contribution in [3.05, 3.63) is 24.3 Å². The highest BCUT2D eigenvalue weighted by atomic mass is 16.4. The summed E-state index contributed by atoms with van der Waals surface area (Å²) >= 11 is 0. The normalized spacial score (nSPS) is 10.3. The minimum atomic E-state index is -0.921. The fourth-order valence-electron chi connectivity index (χ4n) is 1.68. The molecular formula is C15H23N3O3. The zero-order valence-corrected chi connectivity index (χ0v) is 13.0. The molecule has 0 saturated carbocycles. The van der Waals surface area contributed by atoms with Gasteiger partial charge in [0.25, 0.3) is 0 Å². The Kier molecular flexibility index (Phi) is 6.02. The standard InChI is InChI=1S/C15H23N3O3/c1-11(2)18(4)13-7-5-6-12(10-13)16-15(21)17(3)9-8-14(19)20/h5-7,10-11H,8-9H2,1-4H3,(H,16,21)(H,19,20). The molecule has 0 atom stereocenters. The Balaban J connectivity index is 2.68. The van der Waals surface area contributed by atoms with Crippen LogP contribution in [0.2, 0.25) is 0 Å². The molecule has 0 unspecified atom stereocenters. The number of urea groups is 1. The maximum Gasteiger partial charge on any atom is 0.321 e. The largest absolute Gasteiger partial charge is 0.481 e. The number of carboxylic acid groups (broad SMARTS) is 1. The Bertz CT molecular complexity index is 503. The number of nitrogens with one attached hydrogen (secondary N) is 1. The van der Waals surface area contributed by atoms with E-state index in [1.54, 1.807) is 13.1 Å². The van der Waals surface area contributed by atoms with Crippen molar-refractivity contribution in [1.29, 1.82) is 0 Å². The summed E-state index contributed by atoms with van der Waals surface area (Å²) in [7, 11) is 3.56. The zero-order chi connectivity index (χ0) is 16.0. The summed E-state index contributed by atoms with van der Waals surface area (Å²) in [5.41, 5.74) is 1.70. The van der Waals surface area contributed by atoms with Gasteiger partial charge in [-0.25, -0.2) is 4.79 Å². The Labute approximate surface area is 125 Å². The number of carboxylic acids is 1. The maximum atomic E-state index is 11.9. The Hall–Kier alpha value is -2.24. The molecule has 21 heavy (non-hydrogen) atoms. The molecule has 6 heteroatoms. The van der Waals surface area contributed by atoms with E-state index in [-0.39, 0.29) is 19.0 Å². The van der Waals surface area contributed by atoms with Gasteiger partial charge in [0.1, 0.15) is 0 Å². The molecular weight excluding hydrogens is 270 g/mol. The van der Waals surface area contributed by atoms with E-state index in [1.165, 1.54) is 4.90 Å². The fraction of sp³-hybridized carbons (Fsp3) is 0.467. The van der Waals surface area contributed by atoms with Crippen LogP contribution in [0.5, 0.6) is 0 Å². The summed E-state index contributed by atoms with van der Waals surface area (Å²) in [6, 6.07) is 7.59. The first-order valence-electron chi connectivity index (χ1n) is 6.88. The van der Waals surface area contributed by atoms with Gasteiger partial charge in [0.2, 0.25) is 0 Å². The SMILES string of the molecule is CC(C)N(C)c1cccc(NC(=O)N(C)CCC(=O)O)c1. The van der Waals surface area contributed by atoms with Gasteiger partial charge in [0, 0.05) is 38.1 Å². The highest BCUT2D eigenvalue weighted by Gasteiger charge is 2.11. The highest BCUT2D eigenvalue weighted by molar-refractivity contribution is 5.90. The number of carbonyl (C=O) groups excluding carboxylic acids is 1. The minimum Gasteiger partial charge on any atom is -0.481 e. The molecule has 1 aromatic carbocycles. The number of amides is 2. The third-order valence-electron chi connectivity index (χ3n) is 3.29. The average Bonchev–Trinajstić information content (AvgIpc) is 2.43. The van der Waals surface area contributed by atoms with Crippen LogP contribution >= 0.6 is 0 Å². The van der Waals surface area contributed by atoms with Gasteiger partial charge in [-0.3, -0.25) is 4.79 Å². The van der Waals surface area contributed by atoms with E-state index in [0.29, 0.717) is 11.7 Å². The number of benzene rings is 1. The molecule has 2 amide bonds. The van der Waals surface area contributed by atoms with E-state index in [9.17, 15) is 9.59 Å². The third-order valence-corrected chi connectivity index (χ3v) is 3.29. The number of nitrogens with zero attached hydrogens (tertiary/aromatic N) is 2. The molecule has 1 aromatic rings. The van der Waals surface area contributed by atoms with E-state index >= 15 is 0 Å². The number of anilines is 2. The fourth-order valence-corrected chi connectivity index (χ4v) is 1.68. The van der Waals surface area contributed by atoms with Gasteiger partial charge in [0.15, 0.2) is 0 Å². The second-order valence-electron chi connectivity index (χ2n) is 5.25. The molecule has 0 aromatic heterocycles. The van der Waals surface area contributed by atoms with Crippen molar-refractivity contribution in [2.45, 2.75) is 26.3 Å². The molecule has 0 heterocycles. The van der Waals surface area contributed by atoms with Crippen molar-refractivity contribution < 1.29 is 14.7 Å². The molecule has 0 aliphatic carbocycles. The monoisotopic (exact) mass is 293 g/mol. The van der Waals surface area contributed by atoms with E-state index in [1.807, 2.05) is 25.2 Å². The van der Waals surface area contributed by atoms with Crippen LogP contribution in [0.4, 0.5) is 16.2 Å². The number of hydrogen-bond donors (Lipinski definition) is 2. The molecule has 0 spiro atoms. The lowest BCUT2D eigenvalue weighted by Gasteiger charge is -2.24. The molecule has 2 N–H and O–H groups in total. The molecule has 6 nitrogen and oxygen atoms in total. The first-order chi connectivity index (χ1) is 9.81. The van der Waals surface area contributed by atoms with Gasteiger partial charge < -0.3 is 20.2 Å². The smallest absolute Gasteiger partial charge is 0.321 e. The van der Waals surface area contributed by atoms with Crippen molar-refractivity contribution in [3.63, 3.8) is 0 Å². The second kappa shape index (κ2) is 7.52. The quantitative estimate of drug-likeness (QED) is 0.845. The van der Waals surface area contributed by atoms with Crippen LogP contribution in [0, 0.1) is 0 Å². The van der Waals surface area contributed by atoms with Crippen molar-refractivity contribution in [1.82, 2.24) is 4.90 Å². The van der Waals surface area contributed by atoms with Crippen molar-refractivity contribution in [2.75, 3.05) is 30.9 Å². The van der Waals surface area contributed by atoms with Crippen LogP contribution < -0.4 is 10.2 Å². The second-order valence-corrected chi connectivity index (χ2v) is 5.25. The maximum absolute atomic E-state index is 11.9. The van der Waals surface area contributed by atoms with Gasteiger partial charge in [-0.2, -0.15) is 0 Å². The van der Waals surface area contributed by atoms with Crippen molar-refractivity contribution in [2.24, 2.45) is 0 Å². The summed E-state index contributed by atoms with van der Waals surface area (Å²) in [4.78, 5) is 25.9. The molecule has 0 fully saturated rings. The highest BCUT2D eigenvalue weighted by Crippen LogP contribution is 2.20. The topological polar surface area (TPSA) is 72.9 Å². The first kappa shape index (κ1) is 16.8. The van der Waals surface area contributed by atoms with Crippen molar-refractivity contribution >= 4 is 23.4 Å². The molecule has 0 saturated heterocycles. The van der Waals surface area contributed by atoms with E-state index in [2.05, 4.69) is 24.1 Å². The van der Waals surface area contributed by atoms with Gasteiger partial charge in [-0.15, -0.1) is 0 Å². The zero-order valence-electron chi connectivity index (χ0n) is 13.0. The summed E-state index contributed by atoms with van der Waals surface area (Å²) in [5, 5.41) is 11.4. The molecule has 0 aliphatic heterocycles. The van der Waals surface area contributed by atoms with Crippen LogP contribution in [0.3, 0.4) is 0 Å². The van der Waals surface area contributed by atoms with Gasteiger partial charge in [-0.1, -0.05) is 6.07 Å². The predicted octanol–water partition coefficient (Wildman–Crippen LogP) is 2.47. The van der Waals surface area contributed by atoms with Gasteiger partial charge >= 0.3 is 12.0 Å². The molecule has 116 valence electrons. The molecule has 0 bridgehead atoms. The lowest BCUT2D eigenvalue weighted by Crippen LogP contribution is -2.33. The number of aliphatic carboxylic acids is 1. The van der Waals surface area contributed by atoms with Gasteiger partial charge in [0.05, 0.1) is 6.42 Å². The third kappa shape index (κ3) is 5.33. The van der Waals surface area contributed by atoms with E-state index in [4.69, 9.17) is 5.11 Å². The summed E-state index contributed by atoms with van der Waals surface area (Å²) in [5.74, 6) is -0.921. The predicted molar refractivity (Wildman–Crippen MR) is 83.9 cm³/mol. The van der Waals surface area contributed by atoms with Crippen LogP contribution in [-0.2, 0) is 4.79 Å². The number of rotatable bonds is 6. The molecule has 0 radical (unpaired) electrons. The van der Waals surface area contributed by atoms with Crippen molar-refractivity contribution in [3.8, 4) is 0 Å². The lowest BCUT2D eigenvalue weighted by molar-refractivity contribution is -0.137. The summed E-state index contributed by atoms with van der Waals surface area (Å²) < 4.78 is 0. The molecule has 0 aliphatic rings. The van der Waals surface area contributed by atoms with Crippen LogP contribution in [0.1, 0.15) is 20.3 Å². The van der Waals surface area contributed by atoms with E-state index in [0.717, 1.165) is 5.69 Å². The average molecular weight is 293 g/mol. The number of carbonyl (C=O) groups is 2. The Morgan fingerprint density at radius 2 is 1.95 bits per heavy atom. The van der Waals surface area contributed by atoms with Crippen LogP contribution in [0.15, 0.2) is 24.3 Å². The van der Waals surface area contributed by atoms with Crippen LogP contribution in [0.25, 0.3) is 0 Å².